The van der Waals surface area contributed by atoms with E-state index in [1.54, 1.807) is 0 Å². The molecule has 0 saturated heterocycles. The van der Waals surface area contributed by atoms with Gasteiger partial charge < -0.3 is 14.5 Å². The molecule has 0 bridgehead atoms. The first-order valence-electron chi connectivity index (χ1n) is 14.3. The van der Waals surface area contributed by atoms with Crippen molar-refractivity contribution in [3.05, 3.63) is 115 Å². The zero-order valence-electron chi connectivity index (χ0n) is 21.8. The molecule has 1 aliphatic heterocycles. The summed E-state index contributed by atoms with van der Waals surface area (Å²) in [5, 5.41) is 5.16. The van der Waals surface area contributed by atoms with Crippen LogP contribution in [-0.2, 0) is 0 Å². The fourth-order valence-corrected chi connectivity index (χ4v) is 7.68. The van der Waals surface area contributed by atoms with Gasteiger partial charge >= 0.3 is 0 Å². The molecule has 3 heteroatoms. The quantitative estimate of drug-likeness (QED) is 0.249. The van der Waals surface area contributed by atoms with E-state index in [0.29, 0.717) is 12.0 Å². The summed E-state index contributed by atoms with van der Waals surface area (Å²) in [6.07, 6.45) is 5.23. The van der Waals surface area contributed by atoms with E-state index in [2.05, 4.69) is 124 Å². The highest BCUT2D eigenvalue weighted by Gasteiger charge is 2.40. The summed E-state index contributed by atoms with van der Waals surface area (Å²) in [6, 6.07) is 41.0. The molecule has 188 valence electrons. The zero-order chi connectivity index (χ0) is 25.5. The fraction of sp³-hybridized carbons (Fsp3) is 0.167. The smallest absolute Gasteiger partial charge is 0.0541 e. The van der Waals surface area contributed by atoms with Crippen LogP contribution in [0.5, 0.6) is 0 Å². The lowest BCUT2D eigenvalue weighted by atomic mass is 9.82. The minimum absolute atomic E-state index is 0.562. The molecule has 0 amide bonds. The van der Waals surface area contributed by atoms with Gasteiger partial charge in [-0.3, -0.25) is 0 Å². The molecule has 0 radical (unpaired) electrons. The van der Waals surface area contributed by atoms with Crippen LogP contribution in [0.3, 0.4) is 0 Å². The number of hydrogen-bond donors (Lipinski definition) is 1. The average molecular weight is 504 g/mol. The van der Waals surface area contributed by atoms with Crippen molar-refractivity contribution in [2.75, 3.05) is 4.90 Å². The van der Waals surface area contributed by atoms with Crippen molar-refractivity contribution in [1.82, 2.24) is 9.55 Å². The van der Waals surface area contributed by atoms with Gasteiger partial charge in [-0.25, -0.2) is 0 Å². The van der Waals surface area contributed by atoms with Crippen molar-refractivity contribution in [2.45, 2.75) is 37.6 Å². The lowest BCUT2D eigenvalue weighted by molar-refractivity contribution is 0.402. The second-order valence-corrected chi connectivity index (χ2v) is 11.3. The van der Waals surface area contributed by atoms with Crippen molar-refractivity contribution in [2.24, 2.45) is 0 Å². The van der Waals surface area contributed by atoms with E-state index in [9.17, 15) is 0 Å². The molecular formula is C36H29N3. The number of H-pyrrole nitrogens is 1. The molecule has 1 N–H and O–H groups in total. The summed E-state index contributed by atoms with van der Waals surface area (Å²) in [6.45, 7) is 0. The van der Waals surface area contributed by atoms with Crippen LogP contribution >= 0.6 is 0 Å². The number of fused-ring (bicyclic) bond motifs is 9. The van der Waals surface area contributed by atoms with E-state index < -0.39 is 0 Å². The Kier molecular flexibility index (Phi) is 4.40. The maximum absolute atomic E-state index is 3.69. The number of rotatable bonds is 2. The number of para-hydroxylation sites is 3. The third kappa shape index (κ3) is 2.99. The van der Waals surface area contributed by atoms with Gasteiger partial charge in [0.1, 0.15) is 0 Å². The summed E-state index contributed by atoms with van der Waals surface area (Å²) in [5.41, 5.74) is 10.3. The first-order chi connectivity index (χ1) is 19.3. The molecule has 1 aliphatic carbocycles. The van der Waals surface area contributed by atoms with Crippen LogP contribution in [0.25, 0.3) is 49.3 Å². The predicted octanol–water partition coefficient (Wildman–Crippen LogP) is 9.60. The van der Waals surface area contributed by atoms with Gasteiger partial charge in [0.2, 0.25) is 0 Å². The minimum atomic E-state index is 0.562. The number of nitrogens with one attached hydrogen (secondary N) is 1. The molecule has 3 nitrogen and oxygen atoms in total. The van der Waals surface area contributed by atoms with E-state index in [0.717, 1.165) is 0 Å². The van der Waals surface area contributed by atoms with Gasteiger partial charge in [-0.2, -0.15) is 0 Å². The van der Waals surface area contributed by atoms with Crippen LogP contribution < -0.4 is 4.90 Å². The first kappa shape index (κ1) is 21.4. The molecular weight excluding hydrogens is 474 g/mol. The van der Waals surface area contributed by atoms with Crippen LogP contribution in [0.4, 0.5) is 11.4 Å². The molecule has 2 aromatic heterocycles. The van der Waals surface area contributed by atoms with E-state index >= 15 is 0 Å². The second-order valence-electron chi connectivity index (χ2n) is 11.3. The summed E-state index contributed by atoms with van der Waals surface area (Å²) in [7, 11) is 0. The third-order valence-electron chi connectivity index (χ3n) is 9.34. The van der Waals surface area contributed by atoms with Gasteiger partial charge in [0.25, 0.3) is 0 Å². The molecule has 7 aromatic rings. The number of aromatic amines is 1. The summed E-state index contributed by atoms with van der Waals surface area (Å²) in [5.74, 6) is 0.649. The van der Waals surface area contributed by atoms with Crippen LogP contribution in [0.1, 0.15) is 37.2 Å². The Hall–Kier alpha value is -4.50. The topological polar surface area (TPSA) is 24.0 Å². The lowest BCUT2D eigenvalue weighted by Gasteiger charge is -2.33. The molecule has 39 heavy (non-hydrogen) atoms. The van der Waals surface area contributed by atoms with Gasteiger partial charge in [0.15, 0.2) is 0 Å². The number of anilines is 2. The molecule has 2 atom stereocenters. The average Bonchev–Trinajstić information content (AvgIpc) is 3.64. The number of hydrogen-bond acceptors (Lipinski definition) is 1. The molecule has 5 aromatic carbocycles. The Labute approximate surface area is 227 Å². The Morgan fingerprint density at radius 2 is 1.18 bits per heavy atom. The van der Waals surface area contributed by atoms with E-state index in [4.69, 9.17) is 0 Å². The molecule has 1 fully saturated rings. The molecule has 1 saturated carbocycles. The first-order valence-corrected chi connectivity index (χ1v) is 14.3. The monoisotopic (exact) mass is 503 g/mol. The highest BCUT2D eigenvalue weighted by molar-refractivity contribution is 6.11. The number of aromatic nitrogens is 2. The normalized spacial score (nSPS) is 18.8. The number of nitrogens with zero attached hydrogens (tertiary/aromatic N) is 2. The van der Waals surface area contributed by atoms with Crippen LogP contribution in [-0.4, -0.2) is 15.6 Å². The highest BCUT2D eigenvalue weighted by atomic mass is 15.2. The minimum Gasteiger partial charge on any atom is -0.355 e. The summed E-state index contributed by atoms with van der Waals surface area (Å²) >= 11 is 0. The van der Waals surface area contributed by atoms with E-state index in [1.807, 2.05) is 0 Å². The molecule has 2 unspecified atom stereocenters. The second kappa shape index (κ2) is 8.00. The van der Waals surface area contributed by atoms with Gasteiger partial charge in [0, 0.05) is 61.6 Å². The maximum atomic E-state index is 3.69. The largest absolute Gasteiger partial charge is 0.355 e. The van der Waals surface area contributed by atoms with Gasteiger partial charge in [-0.1, -0.05) is 67.4 Å². The van der Waals surface area contributed by atoms with Crippen LogP contribution in [0.2, 0.25) is 0 Å². The lowest BCUT2D eigenvalue weighted by Crippen LogP contribution is -2.32. The molecule has 3 heterocycles. The van der Waals surface area contributed by atoms with Crippen LogP contribution in [0.15, 0.2) is 109 Å². The number of benzene rings is 5. The van der Waals surface area contributed by atoms with Crippen LogP contribution in [0, 0.1) is 0 Å². The Balaban J connectivity index is 1.25. The molecule has 0 spiro atoms. The standard InChI is InChI=1S/C36H29N3/c1-5-13-33-25(9-1)26-10-2-6-14-34(26)38(33)23-17-19-31-29(21-23)30-22-24(18-20-32(30)37-31)39-35-15-7-3-11-27(35)28-12-4-8-16-36(28)39/h1-3,5-7,9-11,13-15,17-22,28,36-37H,4,8,12,16H2. The van der Waals surface area contributed by atoms with Gasteiger partial charge in [-0.05, 0) is 73.0 Å². The van der Waals surface area contributed by atoms with Crippen molar-refractivity contribution >= 4 is 55.0 Å². The Morgan fingerprint density at radius 3 is 1.95 bits per heavy atom. The highest BCUT2D eigenvalue weighted by Crippen LogP contribution is 2.51. The Bertz CT molecular complexity index is 2010. The van der Waals surface area contributed by atoms with E-state index in [1.165, 1.54) is 91.9 Å². The van der Waals surface area contributed by atoms with Crippen molar-refractivity contribution in [3.63, 3.8) is 0 Å². The maximum Gasteiger partial charge on any atom is 0.0541 e. The van der Waals surface area contributed by atoms with Gasteiger partial charge in [0.05, 0.1) is 11.0 Å². The summed E-state index contributed by atoms with van der Waals surface area (Å²) < 4.78 is 2.41. The van der Waals surface area contributed by atoms with Crippen molar-refractivity contribution in [1.29, 1.82) is 0 Å². The summed E-state index contributed by atoms with van der Waals surface area (Å²) in [4.78, 5) is 6.34. The molecule has 9 rings (SSSR count). The van der Waals surface area contributed by atoms with E-state index in [-0.39, 0.29) is 0 Å². The van der Waals surface area contributed by atoms with Gasteiger partial charge in [-0.15, -0.1) is 0 Å². The van der Waals surface area contributed by atoms with Crippen molar-refractivity contribution in [3.8, 4) is 5.69 Å². The predicted molar refractivity (Wildman–Crippen MR) is 164 cm³/mol. The van der Waals surface area contributed by atoms with Crippen molar-refractivity contribution < 1.29 is 0 Å². The fourth-order valence-electron chi connectivity index (χ4n) is 7.68. The SMILES string of the molecule is c1ccc2c(c1)C1CCCCC1N2c1ccc2[nH]c3ccc(-n4c5ccccc5c5ccccc54)cc3c2c1. The zero-order valence-corrected chi connectivity index (χ0v) is 21.8. The Morgan fingerprint density at radius 1 is 0.564 bits per heavy atom. The third-order valence-corrected chi connectivity index (χ3v) is 9.34. The molecule has 2 aliphatic rings.